The van der Waals surface area contributed by atoms with Gasteiger partial charge in [-0.2, -0.15) is 0 Å². The lowest BCUT2D eigenvalue weighted by Crippen LogP contribution is -2.53. The zero-order chi connectivity index (χ0) is 12.3. The van der Waals surface area contributed by atoms with Gasteiger partial charge < -0.3 is 14.8 Å². The van der Waals surface area contributed by atoms with Crippen molar-refractivity contribution in [2.75, 3.05) is 19.6 Å². The summed E-state index contributed by atoms with van der Waals surface area (Å²) >= 11 is 0. The highest BCUT2D eigenvalue weighted by molar-refractivity contribution is 5.85. The van der Waals surface area contributed by atoms with Crippen LogP contribution in [-0.2, 0) is 11.3 Å². The molecule has 0 spiro atoms. The Balaban J connectivity index is 0.00000162. The van der Waals surface area contributed by atoms with Gasteiger partial charge in [0, 0.05) is 37.9 Å². The van der Waals surface area contributed by atoms with Gasteiger partial charge in [-0.1, -0.05) is 6.07 Å². The number of piperazine rings is 1. The van der Waals surface area contributed by atoms with Gasteiger partial charge in [-0.3, -0.25) is 9.59 Å². The normalized spacial score (nSPS) is 19.2. The van der Waals surface area contributed by atoms with E-state index in [0.29, 0.717) is 6.54 Å². The molecule has 0 unspecified atom stereocenters. The van der Waals surface area contributed by atoms with Crippen LogP contribution in [0.2, 0.25) is 0 Å². The molecular formula is C12H18ClN3O2. The maximum absolute atomic E-state index is 12.1. The molecule has 1 aliphatic heterocycles. The van der Waals surface area contributed by atoms with Crippen molar-refractivity contribution in [1.82, 2.24) is 14.8 Å². The molecule has 1 aromatic rings. The maximum Gasteiger partial charge on any atom is 0.250 e. The zero-order valence-corrected chi connectivity index (χ0v) is 11.2. The largest absolute Gasteiger partial charge is 0.336 e. The number of aromatic nitrogens is 1. The minimum absolute atomic E-state index is 0. The smallest absolute Gasteiger partial charge is 0.250 e. The summed E-state index contributed by atoms with van der Waals surface area (Å²) in [6, 6.07) is 5.09. The zero-order valence-electron chi connectivity index (χ0n) is 10.3. The molecule has 0 bridgehead atoms. The molecule has 18 heavy (non-hydrogen) atoms. The Bertz CT molecular complexity index is 461. The molecule has 6 heteroatoms. The van der Waals surface area contributed by atoms with Gasteiger partial charge in [0.2, 0.25) is 5.91 Å². The van der Waals surface area contributed by atoms with Gasteiger partial charge in [0.15, 0.2) is 0 Å². The van der Waals surface area contributed by atoms with Crippen LogP contribution in [0, 0.1) is 0 Å². The number of rotatable bonds is 2. The molecule has 1 atom stereocenters. The van der Waals surface area contributed by atoms with Crippen LogP contribution in [0.25, 0.3) is 0 Å². The van der Waals surface area contributed by atoms with Crippen molar-refractivity contribution in [3.8, 4) is 0 Å². The summed E-state index contributed by atoms with van der Waals surface area (Å²) in [4.78, 5) is 25.4. The number of nitrogens with one attached hydrogen (secondary N) is 1. The number of carbonyl (C=O) groups excluding carboxylic acids is 1. The van der Waals surface area contributed by atoms with Crippen molar-refractivity contribution >= 4 is 18.3 Å². The molecule has 1 aromatic heterocycles. The summed E-state index contributed by atoms with van der Waals surface area (Å²) in [5.74, 6) is 0.00676. The number of nitrogens with zero attached hydrogens (tertiary/aromatic N) is 2. The van der Waals surface area contributed by atoms with Crippen molar-refractivity contribution in [3.05, 3.63) is 34.7 Å². The molecule has 0 radical (unpaired) electrons. The predicted octanol–water partition coefficient (Wildman–Crippen LogP) is 0.0904. The first-order valence-electron chi connectivity index (χ1n) is 5.84. The monoisotopic (exact) mass is 271 g/mol. The lowest BCUT2D eigenvalue weighted by atomic mass is 10.2. The lowest BCUT2D eigenvalue weighted by molar-refractivity contribution is -0.134. The van der Waals surface area contributed by atoms with Crippen LogP contribution in [0.4, 0.5) is 0 Å². The van der Waals surface area contributed by atoms with Crippen molar-refractivity contribution in [2.24, 2.45) is 0 Å². The summed E-state index contributed by atoms with van der Waals surface area (Å²) in [6.07, 6.45) is 1.65. The van der Waals surface area contributed by atoms with Gasteiger partial charge in [0.25, 0.3) is 5.56 Å². The third-order valence-corrected chi connectivity index (χ3v) is 3.03. The van der Waals surface area contributed by atoms with Crippen LogP contribution in [0.1, 0.15) is 6.92 Å². The molecule has 2 heterocycles. The number of amides is 1. The van der Waals surface area contributed by atoms with Crippen molar-refractivity contribution < 1.29 is 4.79 Å². The Morgan fingerprint density at radius 3 is 2.94 bits per heavy atom. The fraction of sp³-hybridized carbons (Fsp3) is 0.500. The second-order valence-corrected chi connectivity index (χ2v) is 4.31. The Morgan fingerprint density at radius 2 is 2.28 bits per heavy atom. The summed E-state index contributed by atoms with van der Waals surface area (Å²) in [5.41, 5.74) is -0.136. The molecule has 5 nitrogen and oxygen atoms in total. The molecule has 0 aromatic carbocycles. The molecule has 1 aliphatic rings. The van der Waals surface area contributed by atoms with Gasteiger partial charge in [-0.05, 0) is 13.0 Å². The average Bonchev–Trinajstić information content (AvgIpc) is 2.32. The first-order valence-corrected chi connectivity index (χ1v) is 5.84. The Morgan fingerprint density at radius 1 is 1.50 bits per heavy atom. The first-order chi connectivity index (χ1) is 8.18. The second kappa shape index (κ2) is 6.56. The maximum atomic E-state index is 12.1. The number of carbonyl (C=O) groups is 1. The Labute approximate surface area is 112 Å². The summed E-state index contributed by atoms with van der Waals surface area (Å²) in [6.45, 7) is 4.48. The van der Waals surface area contributed by atoms with Crippen LogP contribution in [-0.4, -0.2) is 41.1 Å². The van der Waals surface area contributed by atoms with E-state index in [1.165, 1.54) is 10.6 Å². The van der Waals surface area contributed by atoms with Gasteiger partial charge >= 0.3 is 0 Å². The van der Waals surface area contributed by atoms with Gasteiger partial charge in [0.05, 0.1) is 0 Å². The topological polar surface area (TPSA) is 54.3 Å². The van der Waals surface area contributed by atoms with Crippen LogP contribution in [0.15, 0.2) is 29.2 Å². The fourth-order valence-corrected chi connectivity index (χ4v) is 2.04. The highest BCUT2D eigenvalue weighted by Gasteiger charge is 2.22. The number of pyridine rings is 1. The van der Waals surface area contributed by atoms with Crippen molar-refractivity contribution in [2.45, 2.75) is 19.5 Å². The van der Waals surface area contributed by atoms with Crippen LogP contribution in [0.3, 0.4) is 0 Å². The molecule has 1 amide bonds. The summed E-state index contributed by atoms with van der Waals surface area (Å²) < 4.78 is 1.44. The van der Waals surface area contributed by atoms with E-state index >= 15 is 0 Å². The van der Waals surface area contributed by atoms with E-state index in [9.17, 15) is 9.59 Å². The van der Waals surface area contributed by atoms with E-state index in [1.807, 2.05) is 11.8 Å². The predicted molar refractivity (Wildman–Crippen MR) is 72.0 cm³/mol. The minimum atomic E-state index is -0.136. The molecular weight excluding hydrogens is 254 g/mol. The molecule has 1 saturated heterocycles. The van der Waals surface area contributed by atoms with Crippen LogP contribution in [0.5, 0.6) is 0 Å². The molecule has 1 fully saturated rings. The summed E-state index contributed by atoms with van der Waals surface area (Å²) in [7, 11) is 0. The SMILES string of the molecule is C[C@H]1CNCCN1C(=O)Cn1ccccc1=O.Cl. The molecule has 1 N–H and O–H groups in total. The molecule has 2 rings (SSSR count). The first kappa shape index (κ1) is 14.7. The van der Waals surface area contributed by atoms with Crippen molar-refractivity contribution in [3.63, 3.8) is 0 Å². The second-order valence-electron chi connectivity index (χ2n) is 4.31. The highest BCUT2D eigenvalue weighted by Crippen LogP contribution is 2.03. The average molecular weight is 272 g/mol. The lowest BCUT2D eigenvalue weighted by Gasteiger charge is -2.34. The number of hydrogen-bond acceptors (Lipinski definition) is 3. The van der Waals surface area contributed by atoms with Gasteiger partial charge in [-0.15, -0.1) is 12.4 Å². The Kier molecular flexibility index (Phi) is 5.37. The van der Waals surface area contributed by atoms with E-state index in [-0.39, 0.29) is 36.5 Å². The third-order valence-electron chi connectivity index (χ3n) is 3.03. The van der Waals surface area contributed by atoms with Gasteiger partial charge in [0.1, 0.15) is 6.54 Å². The van der Waals surface area contributed by atoms with E-state index < -0.39 is 0 Å². The number of hydrogen-bond donors (Lipinski definition) is 1. The van der Waals surface area contributed by atoms with E-state index in [0.717, 1.165) is 13.1 Å². The molecule has 0 saturated carbocycles. The Hall–Kier alpha value is -1.33. The number of halogens is 1. The van der Waals surface area contributed by atoms with E-state index in [2.05, 4.69) is 5.32 Å². The van der Waals surface area contributed by atoms with Gasteiger partial charge in [-0.25, -0.2) is 0 Å². The highest BCUT2D eigenvalue weighted by atomic mass is 35.5. The molecule has 100 valence electrons. The minimum Gasteiger partial charge on any atom is -0.336 e. The van der Waals surface area contributed by atoms with Crippen LogP contribution < -0.4 is 10.9 Å². The van der Waals surface area contributed by atoms with Crippen LogP contribution >= 0.6 is 12.4 Å². The standard InChI is InChI=1S/C12H17N3O2.ClH/c1-10-8-13-5-7-15(10)12(17)9-14-6-3-2-4-11(14)16;/h2-4,6,10,13H,5,7-9H2,1H3;1H/t10-;/m0./s1. The van der Waals surface area contributed by atoms with E-state index in [1.54, 1.807) is 18.3 Å². The van der Waals surface area contributed by atoms with Crippen molar-refractivity contribution in [1.29, 1.82) is 0 Å². The fourth-order valence-electron chi connectivity index (χ4n) is 2.04. The molecule has 0 aliphatic carbocycles. The summed E-state index contributed by atoms with van der Waals surface area (Å²) in [5, 5.41) is 3.23. The third kappa shape index (κ3) is 3.34. The van der Waals surface area contributed by atoms with E-state index in [4.69, 9.17) is 0 Å². The quantitative estimate of drug-likeness (QED) is 0.830.